The molecule has 1 saturated carbocycles. The Balaban J connectivity index is 1.87. The van der Waals surface area contributed by atoms with Crippen molar-refractivity contribution in [3.05, 3.63) is 34.3 Å². The molecule has 0 saturated heterocycles. The van der Waals surface area contributed by atoms with Crippen LogP contribution in [0.3, 0.4) is 0 Å². The van der Waals surface area contributed by atoms with Crippen LogP contribution in [0.15, 0.2) is 28.7 Å². The lowest BCUT2D eigenvalue weighted by Gasteiger charge is -2.40. The highest BCUT2D eigenvalue weighted by Crippen LogP contribution is 2.35. The van der Waals surface area contributed by atoms with E-state index in [0.717, 1.165) is 11.8 Å². The molecule has 94 valence electrons. The summed E-state index contributed by atoms with van der Waals surface area (Å²) < 4.78 is 1.21. The number of halogens is 1. The molecule has 0 unspecified atom stereocenters. The van der Waals surface area contributed by atoms with Crippen LogP contribution in [0.2, 0.25) is 0 Å². The Morgan fingerprint density at radius 1 is 1.18 bits per heavy atom. The fraction of sp³-hybridized carbons (Fsp3) is 0.600. The van der Waals surface area contributed by atoms with Crippen molar-refractivity contribution >= 4 is 15.9 Å². The molecular weight excluding hydrogens is 274 g/mol. The highest BCUT2D eigenvalue weighted by atomic mass is 79.9. The van der Waals surface area contributed by atoms with E-state index < -0.39 is 0 Å². The Bertz CT molecular complexity index is 369. The molecule has 0 spiro atoms. The van der Waals surface area contributed by atoms with Gasteiger partial charge in [-0.1, -0.05) is 48.0 Å². The summed E-state index contributed by atoms with van der Waals surface area (Å²) in [4.78, 5) is 0. The molecule has 1 nitrogen and oxygen atoms in total. The van der Waals surface area contributed by atoms with Gasteiger partial charge in [-0.2, -0.15) is 0 Å². The third kappa shape index (κ3) is 3.11. The van der Waals surface area contributed by atoms with Crippen molar-refractivity contribution in [2.45, 2.75) is 45.7 Å². The predicted molar refractivity (Wildman–Crippen MR) is 77.0 cm³/mol. The first-order valence-electron chi connectivity index (χ1n) is 6.58. The Morgan fingerprint density at radius 3 is 2.41 bits per heavy atom. The van der Waals surface area contributed by atoms with Gasteiger partial charge in [0.1, 0.15) is 0 Å². The molecule has 0 heterocycles. The number of rotatable bonds is 4. The lowest BCUT2D eigenvalue weighted by atomic mass is 9.73. The molecular formula is C15H22BrN. The van der Waals surface area contributed by atoms with E-state index in [2.05, 4.69) is 66.3 Å². The Labute approximate surface area is 113 Å². The van der Waals surface area contributed by atoms with Gasteiger partial charge in [-0.3, -0.25) is 0 Å². The van der Waals surface area contributed by atoms with Crippen molar-refractivity contribution in [3.63, 3.8) is 0 Å². The zero-order valence-electron chi connectivity index (χ0n) is 10.9. The van der Waals surface area contributed by atoms with E-state index in [0.29, 0.717) is 12.1 Å². The molecule has 0 aromatic heterocycles. The van der Waals surface area contributed by atoms with E-state index in [-0.39, 0.29) is 0 Å². The monoisotopic (exact) mass is 295 g/mol. The standard InChI is InChI=1S/C15H22BrN/c1-10(2)12-8-13(9-12)17-11(3)14-6-4-5-7-15(14)16/h4-7,10-13,17H,8-9H2,1-3H3/t11-,12?,13?/m0/s1. The van der Waals surface area contributed by atoms with E-state index in [9.17, 15) is 0 Å². The first-order chi connectivity index (χ1) is 8.08. The zero-order valence-corrected chi connectivity index (χ0v) is 12.5. The Kier molecular flexibility index (Phi) is 4.26. The van der Waals surface area contributed by atoms with Gasteiger partial charge in [-0.25, -0.2) is 0 Å². The Hall–Kier alpha value is -0.340. The molecule has 1 aliphatic carbocycles. The normalized spacial score (nSPS) is 25.7. The fourth-order valence-corrected chi connectivity index (χ4v) is 3.24. The average Bonchev–Trinajstić information content (AvgIpc) is 2.22. The molecule has 1 aliphatic rings. The van der Waals surface area contributed by atoms with Crippen molar-refractivity contribution in [2.24, 2.45) is 11.8 Å². The van der Waals surface area contributed by atoms with Crippen LogP contribution in [0.4, 0.5) is 0 Å². The van der Waals surface area contributed by atoms with E-state index in [4.69, 9.17) is 0 Å². The lowest BCUT2D eigenvalue weighted by Crippen LogP contribution is -2.44. The molecule has 1 N–H and O–H groups in total. The van der Waals surface area contributed by atoms with E-state index in [1.165, 1.54) is 22.9 Å². The maximum absolute atomic E-state index is 3.73. The minimum absolute atomic E-state index is 0.434. The van der Waals surface area contributed by atoms with Crippen LogP contribution < -0.4 is 5.32 Å². The van der Waals surface area contributed by atoms with Gasteiger partial charge in [0.15, 0.2) is 0 Å². The van der Waals surface area contributed by atoms with Crippen molar-refractivity contribution in [3.8, 4) is 0 Å². The number of benzene rings is 1. The highest BCUT2D eigenvalue weighted by Gasteiger charge is 2.31. The van der Waals surface area contributed by atoms with Crippen LogP contribution in [0.1, 0.15) is 45.2 Å². The predicted octanol–water partition coefficient (Wildman–Crippen LogP) is 4.53. The first-order valence-corrected chi connectivity index (χ1v) is 7.37. The van der Waals surface area contributed by atoms with E-state index in [1.54, 1.807) is 0 Å². The minimum Gasteiger partial charge on any atom is -0.307 e. The molecule has 17 heavy (non-hydrogen) atoms. The van der Waals surface area contributed by atoms with Gasteiger partial charge >= 0.3 is 0 Å². The molecule has 0 bridgehead atoms. The third-order valence-electron chi connectivity index (χ3n) is 3.97. The summed E-state index contributed by atoms with van der Waals surface area (Å²) >= 11 is 3.62. The van der Waals surface area contributed by atoms with E-state index >= 15 is 0 Å². The molecule has 0 amide bonds. The van der Waals surface area contributed by atoms with Gasteiger partial charge in [-0.05, 0) is 43.2 Å². The highest BCUT2D eigenvalue weighted by molar-refractivity contribution is 9.10. The zero-order chi connectivity index (χ0) is 12.4. The molecule has 1 atom stereocenters. The number of hydrogen-bond donors (Lipinski definition) is 1. The third-order valence-corrected chi connectivity index (χ3v) is 4.70. The van der Waals surface area contributed by atoms with Crippen LogP contribution in [0, 0.1) is 11.8 Å². The number of nitrogens with one attached hydrogen (secondary N) is 1. The smallest absolute Gasteiger partial charge is 0.0305 e. The second-order valence-electron chi connectivity index (χ2n) is 5.58. The summed E-state index contributed by atoms with van der Waals surface area (Å²) in [5.74, 6) is 1.77. The minimum atomic E-state index is 0.434. The number of hydrogen-bond acceptors (Lipinski definition) is 1. The van der Waals surface area contributed by atoms with Crippen LogP contribution >= 0.6 is 15.9 Å². The molecule has 1 aromatic carbocycles. The summed E-state index contributed by atoms with van der Waals surface area (Å²) in [5, 5.41) is 3.73. The summed E-state index contributed by atoms with van der Waals surface area (Å²) in [6, 6.07) is 9.63. The van der Waals surface area contributed by atoms with Crippen LogP contribution in [-0.4, -0.2) is 6.04 Å². The Morgan fingerprint density at radius 2 is 1.82 bits per heavy atom. The fourth-order valence-electron chi connectivity index (χ4n) is 2.61. The maximum atomic E-state index is 3.73. The van der Waals surface area contributed by atoms with Gasteiger partial charge in [0.05, 0.1) is 0 Å². The van der Waals surface area contributed by atoms with Gasteiger partial charge in [0, 0.05) is 16.6 Å². The molecule has 1 fully saturated rings. The molecule has 2 rings (SSSR count). The quantitative estimate of drug-likeness (QED) is 0.860. The lowest BCUT2D eigenvalue weighted by molar-refractivity contribution is 0.159. The average molecular weight is 296 g/mol. The van der Waals surface area contributed by atoms with E-state index in [1.807, 2.05) is 0 Å². The van der Waals surface area contributed by atoms with Crippen LogP contribution in [0.25, 0.3) is 0 Å². The summed E-state index contributed by atoms with van der Waals surface area (Å²) in [7, 11) is 0. The SMILES string of the molecule is CC(C)C1CC(N[C@@H](C)c2ccccc2Br)C1. The molecule has 1 aromatic rings. The first kappa shape index (κ1) is 13.1. The topological polar surface area (TPSA) is 12.0 Å². The maximum Gasteiger partial charge on any atom is 0.0305 e. The molecule has 0 radical (unpaired) electrons. The van der Waals surface area contributed by atoms with Crippen molar-refractivity contribution in [1.29, 1.82) is 0 Å². The second-order valence-corrected chi connectivity index (χ2v) is 6.44. The van der Waals surface area contributed by atoms with Crippen molar-refractivity contribution in [2.75, 3.05) is 0 Å². The van der Waals surface area contributed by atoms with Crippen LogP contribution in [-0.2, 0) is 0 Å². The second kappa shape index (κ2) is 5.53. The van der Waals surface area contributed by atoms with Gasteiger partial charge in [0.25, 0.3) is 0 Å². The van der Waals surface area contributed by atoms with Gasteiger partial charge in [-0.15, -0.1) is 0 Å². The van der Waals surface area contributed by atoms with Gasteiger partial charge in [0.2, 0.25) is 0 Å². The van der Waals surface area contributed by atoms with Crippen molar-refractivity contribution in [1.82, 2.24) is 5.32 Å². The largest absolute Gasteiger partial charge is 0.307 e. The molecule has 2 heteroatoms. The summed E-state index contributed by atoms with van der Waals surface area (Å²) in [5.41, 5.74) is 1.36. The van der Waals surface area contributed by atoms with Crippen molar-refractivity contribution < 1.29 is 0 Å². The summed E-state index contributed by atoms with van der Waals surface area (Å²) in [6.45, 7) is 6.92. The van der Waals surface area contributed by atoms with Gasteiger partial charge < -0.3 is 5.32 Å². The molecule has 0 aliphatic heterocycles. The van der Waals surface area contributed by atoms with Crippen LogP contribution in [0.5, 0.6) is 0 Å². The summed E-state index contributed by atoms with van der Waals surface area (Å²) in [6.07, 6.45) is 2.68.